The number of fused-ring (bicyclic) bond motifs is 3. The third kappa shape index (κ3) is 3.49. The molecule has 9 heteroatoms. The SMILES string of the molecule is O=C(c1ccc([N+](=O)[O-])cc1)N1CCc2c([nH]c3ccccc23)[C@H]1c1ccc([N+](=O)[O-])cc1. The highest BCUT2D eigenvalue weighted by Gasteiger charge is 2.35. The molecular formula is C24H18N4O5. The average molecular weight is 442 g/mol. The van der Waals surface area contributed by atoms with Crippen LogP contribution in [0.15, 0.2) is 72.8 Å². The van der Waals surface area contributed by atoms with Gasteiger partial charge in [0.2, 0.25) is 0 Å². The quantitative estimate of drug-likeness (QED) is 0.360. The number of nitrogens with one attached hydrogen (secondary N) is 1. The van der Waals surface area contributed by atoms with Crippen molar-refractivity contribution in [3.8, 4) is 0 Å². The molecule has 1 aliphatic heterocycles. The summed E-state index contributed by atoms with van der Waals surface area (Å²) in [7, 11) is 0. The molecule has 0 fully saturated rings. The largest absolute Gasteiger partial charge is 0.356 e. The highest BCUT2D eigenvalue weighted by Crippen LogP contribution is 2.39. The van der Waals surface area contributed by atoms with Gasteiger partial charge in [0.05, 0.1) is 15.9 Å². The first-order valence-corrected chi connectivity index (χ1v) is 10.3. The number of rotatable bonds is 4. The molecule has 0 radical (unpaired) electrons. The van der Waals surface area contributed by atoms with Crippen molar-refractivity contribution >= 4 is 28.2 Å². The summed E-state index contributed by atoms with van der Waals surface area (Å²) in [6.45, 7) is 0.437. The van der Waals surface area contributed by atoms with Gasteiger partial charge in [0.15, 0.2) is 0 Å². The first-order chi connectivity index (χ1) is 15.9. The molecule has 1 aromatic heterocycles. The number of aromatic nitrogens is 1. The zero-order valence-electron chi connectivity index (χ0n) is 17.3. The Morgan fingerprint density at radius 2 is 1.48 bits per heavy atom. The number of nitrogens with zero attached hydrogens (tertiary/aromatic N) is 3. The number of carbonyl (C=O) groups is 1. The van der Waals surface area contributed by atoms with E-state index >= 15 is 0 Å². The third-order valence-corrected chi connectivity index (χ3v) is 6.04. The molecule has 5 rings (SSSR count). The molecule has 0 saturated heterocycles. The number of hydrogen-bond donors (Lipinski definition) is 1. The van der Waals surface area contributed by atoms with Gasteiger partial charge in [0.25, 0.3) is 17.3 Å². The molecule has 0 unspecified atom stereocenters. The maximum atomic E-state index is 13.5. The van der Waals surface area contributed by atoms with E-state index in [0.29, 0.717) is 18.5 Å². The minimum absolute atomic E-state index is 0.0281. The van der Waals surface area contributed by atoms with Crippen molar-refractivity contribution in [2.75, 3.05) is 6.54 Å². The van der Waals surface area contributed by atoms with E-state index in [1.807, 2.05) is 24.3 Å². The fourth-order valence-corrected chi connectivity index (χ4v) is 4.48. The first-order valence-electron chi connectivity index (χ1n) is 10.3. The Bertz CT molecular complexity index is 1390. The summed E-state index contributed by atoms with van der Waals surface area (Å²) < 4.78 is 0. The summed E-state index contributed by atoms with van der Waals surface area (Å²) >= 11 is 0. The molecule has 4 aromatic rings. The highest BCUT2D eigenvalue weighted by atomic mass is 16.6. The second kappa shape index (κ2) is 7.86. The summed E-state index contributed by atoms with van der Waals surface area (Å²) in [6.07, 6.45) is 0.640. The Kier molecular flexibility index (Phi) is 4.86. The number of benzene rings is 3. The number of amides is 1. The van der Waals surface area contributed by atoms with E-state index < -0.39 is 15.9 Å². The Morgan fingerprint density at radius 1 is 0.879 bits per heavy atom. The predicted octanol–water partition coefficient (Wildman–Crippen LogP) is 4.77. The van der Waals surface area contributed by atoms with Crippen molar-refractivity contribution in [3.05, 3.63) is 115 Å². The van der Waals surface area contributed by atoms with E-state index in [1.54, 1.807) is 17.0 Å². The summed E-state index contributed by atoms with van der Waals surface area (Å²) in [5.41, 5.74) is 3.90. The highest BCUT2D eigenvalue weighted by molar-refractivity contribution is 5.96. The molecule has 3 aromatic carbocycles. The number of non-ortho nitro benzene ring substituents is 2. The normalized spacial score (nSPS) is 15.3. The van der Waals surface area contributed by atoms with E-state index in [0.717, 1.165) is 27.7 Å². The van der Waals surface area contributed by atoms with Gasteiger partial charge in [-0.1, -0.05) is 18.2 Å². The number of para-hydroxylation sites is 1. The number of nitro groups is 2. The van der Waals surface area contributed by atoms with Crippen molar-refractivity contribution in [1.29, 1.82) is 0 Å². The van der Waals surface area contributed by atoms with E-state index in [4.69, 9.17) is 0 Å². The average Bonchev–Trinajstić information content (AvgIpc) is 3.22. The summed E-state index contributed by atoms with van der Waals surface area (Å²) in [5, 5.41) is 23.2. The Labute approximate surface area is 187 Å². The number of aromatic amines is 1. The maximum Gasteiger partial charge on any atom is 0.269 e. The molecule has 164 valence electrons. The molecule has 0 spiro atoms. The second-order valence-electron chi connectivity index (χ2n) is 7.87. The van der Waals surface area contributed by atoms with E-state index in [9.17, 15) is 25.0 Å². The zero-order chi connectivity index (χ0) is 23.1. The Balaban J connectivity index is 1.61. The topological polar surface area (TPSA) is 122 Å². The monoisotopic (exact) mass is 442 g/mol. The van der Waals surface area contributed by atoms with Crippen LogP contribution in [0.2, 0.25) is 0 Å². The van der Waals surface area contributed by atoms with Crippen molar-refractivity contribution in [1.82, 2.24) is 9.88 Å². The molecular weight excluding hydrogens is 424 g/mol. The molecule has 2 heterocycles. The van der Waals surface area contributed by atoms with Crippen LogP contribution in [-0.4, -0.2) is 32.2 Å². The molecule has 1 amide bonds. The number of nitro benzene ring substituents is 2. The molecule has 1 N–H and O–H groups in total. The molecule has 9 nitrogen and oxygen atoms in total. The van der Waals surface area contributed by atoms with Gasteiger partial charge >= 0.3 is 0 Å². The van der Waals surface area contributed by atoms with Gasteiger partial charge in [0.1, 0.15) is 0 Å². The van der Waals surface area contributed by atoms with E-state index in [-0.39, 0.29) is 17.3 Å². The van der Waals surface area contributed by atoms with Gasteiger partial charge in [-0.2, -0.15) is 0 Å². The van der Waals surface area contributed by atoms with E-state index in [2.05, 4.69) is 4.98 Å². The summed E-state index contributed by atoms with van der Waals surface area (Å²) in [5.74, 6) is -0.266. The summed E-state index contributed by atoms with van der Waals surface area (Å²) in [4.78, 5) is 39.8. The lowest BCUT2D eigenvalue weighted by atomic mass is 9.91. The zero-order valence-corrected chi connectivity index (χ0v) is 17.3. The first kappa shape index (κ1) is 20.4. The lowest BCUT2D eigenvalue weighted by Crippen LogP contribution is -2.40. The number of hydrogen-bond acceptors (Lipinski definition) is 5. The molecule has 1 aliphatic rings. The van der Waals surface area contributed by atoms with Crippen LogP contribution in [0.3, 0.4) is 0 Å². The fraction of sp³-hybridized carbons (Fsp3) is 0.125. The van der Waals surface area contributed by atoms with Crippen LogP contribution >= 0.6 is 0 Å². The fourth-order valence-electron chi connectivity index (χ4n) is 4.48. The minimum Gasteiger partial charge on any atom is -0.356 e. The molecule has 0 bridgehead atoms. The maximum absolute atomic E-state index is 13.5. The Hall–Kier alpha value is -4.53. The molecule has 0 aliphatic carbocycles. The van der Waals surface area contributed by atoms with Gasteiger partial charge in [-0.3, -0.25) is 25.0 Å². The number of H-pyrrole nitrogens is 1. The van der Waals surface area contributed by atoms with Crippen LogP contribution in [-0.2, 0) is 6.42 Å². The van der Waals surface area contributed by atoms with Gasteiger partial charge in [-0.15, -0.1) is 0 Å². The smallest absolute Gasteiger partial charge is 0.269 e. The van der Waals surface area contributed by atoms with Crippen molar-refractivity contribution in [3.63, 3.8) is 0 Å². The second-order valence-corrected chi connectivity index (χ2v) is 7.87. The molecule has 33 heavy (non-hydrogen) atoms. The van der Waals surface area contributed by atoms with Crippen molar-refractivity contribution in [2.24, 2.45) is 0 Å². The van der Waals surface area contributed by atoms with Crippen LogP contribution in [0.4, 0.5) is 11.4 Å². The van der Waals surface area contributed by atoms with Crippen LogP contribution in [0.5, 0.6) is 0 Å². The minimum atomic E-state index is -0.508. The molecule has 0 saturated carbocycles. The third-order valence-electron chi connectivity index (χ3n) is 6.04. The van der Waals surface area contributed by atoms with Gasteiger partial charge in [-0.25, -0.2) is 0 Å². The van der Waals surface area contributed by atoms with Gasteiger partial charge in [0, 0.05) is 53.0 Å². The molecule has 1 atom stereocenters. The van der Waals surface area contributed by atoms with Gasteiger partial charge < -0.3 is 9.88 Å². The lowest BCUT2D eigenvalue weighted by Gasteiger charge is -2.36. The van der Waals surface area contributed by atoms with Crippen molar-refractivity contribution in [2.45, 2.75) is 12.5 Å². The summed E-state index contributed by atoms with van der Waals surface area (Å²) in [6, 6.07) is 19.1. The van der Waals surface area contributed by atoms with Crippen LogP contribution in [0.1, 0.15) is 33.2 Å². The standard InChI is InChI=1S/C24H18N4O5/c29-24(16-7-11-18(12-8-16)28(32)33)26-14-13-20-19-3-1-2-4-21(19)25-22(20)23(26)15-5-9-17(10-6-15)27(30)31/h1-12,23,25H,13-14H2/t23-/m1/s1. The number of carbonyl (C=O) groups excluding carboxylic acids is 1. The van der Waals surface area contributed by atoms with Gasteiger partial charge in [-0.05, 0) is 47.9 Å². The Morgan fingerprint density at radius 3 is 2.12 bits per heavy atom. The van der Waals surface area contributed by atoms with Crippen molar-refractivity contribution < 1.29 is 14.6 Å². The van der Waals surface area contributed by atoms with Crippen LogP contribution < -0.4 is 0 Å². The van der Waals surface area contributed by atoms with Crippen LogP contribution in [0.25, 0.3) is 10.9 Å². The van der Waals surface area contributed by atoms with Crippen LogP contribution in [0, 0.1) is 20.2 Å². The lowest BCUT2D eigenvalue weighted by molar-refractivity contribution is -0.385. The predicted molar refractivity (Wildman–Crippen MR) is 121 cm³/mol. The van der Waals surface area contributed by atoms with E-state index in [1.165, 1.54) is 36.4 Å².